The van der Waals surface area contributed by atoms with Crippen LogP contribution in [0.4, 0.5) is 4.79 Å². The highest BCUT2D eigenvalue weighted by Gasteiger charge is 2.44. The minimum Gasteiger partial charge on any atom is -0.507 e. The van der Waals surface area contributed by atoms with Crippen molar-refractivity contribution >= 4 is 42.6 Å². The van der Waals surface area contributed by atoms with Gasteiger partial charge in [0, 0.05) is 35.7 Å². The van der Waals surface area contributed by atoms with E-state index in [4.69, 9.17) is 0 Å². The molecule has 3 aromatic heterocycles. The molecule has 4 heterocycles. The normalized spacial score (nSPS) is 16.3. The summed E-state index contributed by atoms with van der Waals surface area (Å²) >= 11 is 1.58. The molecule has 0 saturated carbocycles. The number of phenolic OH excluding ortho intramolecular Hbond substituents is 1. The van der Waals surface area contributed by atoms with Gasteiger partial charge in [-0.25, -0.2) is 4.98 Å². The van der Waals surface area contributed by atoms with Crippen LogP contribution in [0.1, 0.15) is 50.1 Å². The summed E-state index contributed by atoms with van der Waals surface area (Å²) in [5.74, 6) is -0.269. The highest BCUT2D eigenvalue weighted by molar-refractivity contribution is 7.13. The highest BCUT2D eigenvalue weighted by Crippen LogP contribution is 2.33. The van der Waals surface area contributed by atoms with Crippen LogP contribution in [-0.4, -0.2) is 84.0 Å². The number of benzene rings is 3. The van der Waals surface area contributed by atoms with Gasteiger partial charge in [0.2, 0.25) is 11.4 Å². The van der Waals surface area contributed by atoms with E-state index in [0.29, 0.717) is 39.0 Å². The molecule has 6 aromatic rings. The molecule has 0 spiro atoms. The minimum absolute atomic E-state index is 0.0280. The van der Waals surface area contributed by atoms with Crippen LogP contribution < -0.4 is 5.32 Å². The lowest BCUT2D eigenvalue weighted by atomic mass is 10.0. The molecule has 1 fully saturated rings. The molecule has 1 aliphatic rings. The number of aliphatic hydroxyl groups excluding tert-OH is 1. The quantitative estimate of drug-likeness (QED) is 0.153. The van der Waals surface area contributed by atoms with Crippen molar-refractivity contribution in [3.8, 4) is 44.8 Å². The monoisotopic (exact) mass is 742 g/mol. The minimum atomic E-state index is -2.19. The number of hydrogen-bond acceptors (Lipinski definition) is 11. The van der Waals surface area contributed by atoms with Gasteiger partial charge in [-0.2, -0.15) is 5.26 Å². The van der Waals surface area contributed by atoms with Gasteiger partial charge in [0.05, 0.1) is 51.1 Å². The molecule has 2 amide bonds. The number of rotatable bonds is 9. The largest absolute Gasteiger partial charge is 0.507 e. The van der Waals surface area contributed by atoms with E-state index >= 15 is 0 Å². The Balaban J connectivity index is 1.12. The molecule has 7 rings (SSSR count). The number of para-hydroxylation sites is 1. The first kappa shape index (κ1) is 35.6. The van der Waals surface area contributed by atoms with Crippen LogP contribution in [0.2, 0.25) is 5.54 Å². The number of likely N-dealkylation sites (tertiary alicyclic amines) is 1. The smallest absolute Gasteiger partial charge is 0.312 e. The van der Waals surface area contributed by atoms with Gasteiger partial charge >= 0.3 is 8.96 Å². The summed E-state index contributed by atoms with van der Waals surface area (Å²) in [6, 6.07) is 21.0. The molecule has 3 atom stereocenters. The molecule has 0 aliphatic carbocycles. The molecule has 53 heavy (non-hydrogen) atoms. The Labute approximate surface area is 311 Å². The number of aryl methyl sites for hydroxylation is 1. The Morgan fingerprint density at radius 2 is 1.79 bits per heavy atom. The Morgan fingerprint density at radius 3 is 2.49 bits per heavy atom. The number of nitriles is 1. The number of thiazole rings is 1. The van der Waals surface area contributed by atoms with Crippen molar-refractivity contribution in [3.63, 3.8) is 0 Å². The summed E-state index contributed by atoms with van der Waals surface area (Å²) in [5.41, 5.74) is 7.00. The van der Waals surface area contributed by atoms with Crippen LogP contribution in [0.15, 0.2) is 78.4 Å². The van der Waals surface area contributed by atoms with Crippen molar-refractivity contribution in [2.24, 2.45) is 0 Å². The number of fused-ring (bicyclic) bond motifs is 1. The molecular formula is C38H36N9O4SSi. The second-order valence-corrected chi connectivity index (χ2v) is 17.1. The lowest BCUT2D eigenvalue weighted by molar-refractivity contribution is -0.125. The fraction of sp³-hybridized carbons (Fsp3) is 0.263. The van der Waals surface area contributed by atoms with Gasteiger partial charge in [-0.1, -0.05) is 55.5 Å². The van der Waals surface area contributed by atoms with Gasteiger partial charge in [0.15, 0.2) is 0 Å². The van der Waals surface area contributed by atoms with Crippen LogP contribution in [-0.2, 0) is 4.79 Å². The van der Waals surface area contributed by atoms with E-state index in [1.165, 1.54) is 4.90 Å². The summed E-state index contributed by atoms with van der Waals surface area (Å²) in [6.07, 6.45) is 0.932. The zero-order valence-corrected chi connectivity index (χ0v) is 31.2. The van der Waals surface area contributed by atoms with E-state index in [9.17, 15) is 25.1 Å². The third-order valence-electron chi connectivity index (χ3n) is 9.43. The number of amides is 2. The third-order valence-corrected chi connectivity index (χ3v) is 12.9. The van der Waals surface area contributed by atoms with Gasteiger partial charge in [0.25, 0.3) is 0 Å². The van der Waals surface area contributed by atoms with Crippen LogP contribution in [0, 0.1) is 18.3 Å². The van der Waals surface area contributed by atoms with Crippen molar-refractivity contribution in [3.05, 3.63) is 95.3 Å². The fourth-order valence-electron chi connectivity index (χ4n) is 6.66. The summed E-state index contributed by atoms with van der Waals surface area (Å²) in [7, 11) is -2.19. The maximum atomic E-state index is 14.3. The lowest BCUT2D eigenvalue weighted by Gasteiger charge is -2.29. The Hall–Kier alpha value is -5.82. The maximum Gasteiger partial charge on any atom is 0.312 e. The first-order valence-electron chi connectivity index (χ1n) is 17.1. The summed E-state index contributed by atoms with van der Waals surface area (Å²) in [5, 5.41) is 52.1. The molecule has 0 bridgehead atoms. The number of nitrogens with zero attached hydrogens (tertiary/aromatic N) is 8. The van der Waals surface area contributed by atoms with Crippen molar-refractivity contribution in [1.82, 2.24) is 40.1 Å². The third kappa shape index (κ3) is 7.04. The Morgan fingerprint density at radius 1 is 1.02 bits per heavy atom. The van der Waals surface area contributed by atoms with Crippen molar-refractivity contribution < 1.29 is 19.8 Å². The zero-order chi connectivity index (χ0) is 37.4. The number of carbonyl (C=O) groups is 2. The first-order valence-corrected chi connectivity index (χ1v) is 19.5. The van der Waals surface area contributed by atoms with Gasteiger partial charge in [0.1, 0.15) is 17.5 Å². The zero-order valence-electron chi connectivity index (χ0n) is 29.4. The van der Waals surface area contributed by atoms with Crippen molar-refractivity contribution in [2.45, 2.75) is 57.8 Å². The van der Waals surface area contributed by atoms with Crippen LogP contribution >= 0.6 is 11.3 Å². The summed E-state index contributed by atoms with van der Waals surface area (Å²) < 4.78 is 1.56. The van der Waals surface area contributed by atoms with Gasteiger partial charge < -0.3 is 20.4 Å². The number of aliphatic hydroxyl groups is 1. The molecule has 0 unspecified atom stereocenters. The van der Waals surface area contributed by atoms with Crippen molar-refractivity contribution in [1.29, 1.82) is 5.26 Å². The number of phenols is 1. The first-order chi connectivity index (χ1) is 25.5. The molecule has 1 radical (unpaired) electrons. The summed E-state index contributed by atoms with van der Waals surface area (Å²) in [4.78, 5) is 34.9. The average Bonchev–Trinajstić information content (AvgIpc) is 3.91. The summed E-state index contributed by atoms with van der Waals surface area (Å²) in [6.45, 7) is 7.74. The number of nitrogens with one attached hydrogen (secondary N) is 1. The second-order valence-electron chi connectivity index (χ2n) is 13.4. The molecule has 1 aliphatic heterocycles. The number of hydrogen-bond donors (Lipinski definition) is 3. The van der Waals surface area contributed by atoms with E-state index in [2.05, 4.69) is 36.9 Å². The molecule has 1 saturated heterocycles. The molecule has 3 N–H and O–H groups in total. The number of aromatic hydroxyl groups is 1. The van der Waals surface area contributed by atoms with E-state index in [1.807, 2.05) is 57.5 Å². The van der Waals surface area contributed by atoms with E-state index < -0.39 is 21.1 Å². The molecule has 13 nitrogen and oxygen atoms in total. The van der Waals surface area contributed by atoms with Gasteiger partial charge in [-0.15, -0.1) is 26.6 Å². The number of β-amino-alcohol motifs (C(OH)–C–C–N with tert-alkyl or cyclic N) is 1. The SMILES string of the molecule is Cc1ncsc1-c1ccc([C@H](C)NC(=O)[C@@H]2C[C@@H](O)CN2C(=O)[Si](C(C)C)n2cc(-c3cc4cc(-c5ccccc5O)nnc4cc3C#N)nn2)cc1. The number of carbonyl (C=O) groups excluding carboxylic acids is 2. The predicted molar refractivity (Wildman–Crippen MR) is 202 cm³/mol. The lowest BCUT2D eigenvalue weighted by Crippen LogP contribution is -2.53. The second kappa shape index (κ2) is 14.7. The van der Waals surface area contributed by atoms with Crippen LogP contribution in [0.5, 0.6) is 5.75 Å². The molecule has 15 heteroatoms. The van der Waals surface area contributed by atoms with Crippen LogP contribution in [0.25, 0.3) is 43.9 Å². The van der Waals surface area contributed by atoms with Gasteiger partial charge in [-0.3, -0.25) is 13.9 Å². The molecule has 267 valence electrons. The Bertz CT molecular complexity index is 2370. The molecular weight excluding hydrogens is 707 g/mol. The fourth-order valence-corrected chi connectivity index (χ4v) is 9.64. The number of aromatic nitrogens is 6. The van der Waals surface area contributed by atoms with Crippen LogP contribution in [0.3, 0.4) is 0 Å². The molecule has 3 aromatic carbocycles. The Kier molecular flexibility index (Phi) is 9.84. The average molecular weight is 743 g/mol. The van der Waals surface area contributed by atoms with E-state index in [-0.39, 0.29) is 41.7 Å². The standard InChI is InChI=1S/C38H36N9O4SSi/c1-21(2)53(38(51)46-18-28(48)16-34(46)37(50)41-22(3)24-9-11-25(12-10-24)36-23(4)40-20-52-36)47-19-33(44-45-47)30-13-26-14-32(29-7-5-6-8-35(29)49)43-42-31(26)15-27(30)17-39/h5-15,19-22,28,34,48-49H,16,18H2,1-4H3,(H,41,50)/t22-,28+,34-/m0/s1. The van der Waals surface area contributed by atoms with E-state index in [1.54, 1.807) is 64.3 Å². The predicted octanol–water partition coefficient (Wildman–Crippen LogP) is 5.83. The topological polar surface area (TPSA) is 183 Å². The maximum absolute atomic E-state index is 14.3. The van der Waals surface area contributed by atoms with Crippen molar-refractivity contribution in [2.75, 3.05) is 6.54 Å². The highest BCUT2D eigenvalue weighted by atomic mass is 32.1. The van der Waals surface area contributed by atoms with E-state index in [0.717, 1.165) is 21.7 Å². The van der Waals surface area contributed by atoms with Gasteiger partial charge in [-0.05, 0) is 60.8 Å².